The third kappa shape index (κ3) is 3.92. The van der Waals surface area contributed by atoms with Crippen LogP contribution in [-0.2, 0) is 4.74 Å². The lowest BCUT2D eigenvalue weighted by Gasteiger charge is -2.40. The van der Waals surface area contributed by atoms with E-state index in [1.807, 2.05) is 49.1 Å². The molecular weight excluding hydrogens is 376 g/mol. The van der Waals surface area contributed by atoms with Crippen LogP contribution in [0.2, 0.25) is 0 Å². The number of nitriles is 1. The molecule has 1 fully saturated rings. The van der Waals surface area contributed by atoms with Crippen LogP contribution in [0, 0.1) is 30.6 Å². The summed E-state index contributed by atoms with van der Waals surface area (Å²) in [5.41, 5.74) is 11.2. The van der Waals surface area contributed by atoms with E-state index in [-0.39, 0.29) is 17.5 Å². The number of ether oxygens (including phenoxy) is 1. The number of hydrogen-bond donors (Lipinski definition) is 2. The van der Waals surface area contributed by atoms with Gasteiger partial charge in [0.1, 0.15) is 5.71 Å². The summed E-state index contributed by atoms with van der Waals surface area (Å²) in [6.07, 6.45) is 0. The van der Waals surface area contributed by atoms with Crippen LogP contribution in [0.4, 0.5) is 0 Å². The largest absolute Gasteiger partial charge is 0.493 e. The number of methoxy groups -OCH3 is 1. The van der Waals surface area contributed by atoms with Crippen molar-refractivity contribution < 1.29 is 9.53 Å². The number of nitrogens with one attached hydrogen (secondary N) is 1. The summed E-state index contributed by atoms with van der Waals surface area (Å²) in [6, 6.07) is 13.3. The second-order valence-electron chi connectivity index (χ2n) is 7.71. The van der Waals surface area contributed by atoms with Gasteiger partial charge in [-0.2, -0.15) is 5.26 Å². The second-order valence-corrected chi connectivity index (χ2v) is 7.71. The van der Waals surface area contributed by atoms with E-state index in [0.717, 1.165) is 16.7 Å². The number of hydrogen-bond acceptors (Lipinski definition) is 5. The van der Waals surface area contributed by atoms with Gasteiger partial charge >= 0.3 is 0 Å². The highest BCUT2D eigenvalue weighted by Crippen LogP contribution is 2.30. The molecule has 2 aromatic carbocycles. The van der Waals surface area contributed by atoms with E-state index >= 15 is 0 Å². The minimum atomic E-state index is -0.0427. The molecule has 0 radical (unpaired) electrons. The lowest BCUT2D eigenvalue weighted by atomic mass is 9.89. The van der Waals surface area contributed by atoms with Gasteiger partial charge in [-0.05, 0) is 55.7 Å². The first-order chi connectivity index (χ1) is 14.3. The number of nitrogens with two attached hydrogens (primary N) is 1. The lowest BCUT2D eigenvalue weighted by molar-refractivity contribution is 0.0601. The Labute approximate surface area is 177 Å². The summed E-state index contributed by atoms with van der Waals surface area (Å²) in [5.74, 6) is 0.539. The van der Waals surface area contributed by atoms with E-state index in [9.17, 15) is 4.79 Å². The van der Waals surface area contributed by atoms with Crippen LogP contribution >= 0.6 is 0 Å². The average molecular weight is 402 g/mol. The number of rotatable bonds is 5. The summed E-state index contributed by atoms with van der Waals surface area (Å²) < 4.78 is 5.29. The quantitative estimate of drug-likeness (QED) is 0.589. The molecule has 6 nitrogen and oxygen atoms in total. The van der Waals surface area contributed by atoms with Gasteiger partial charge in [0.25, 0.3) is 5.91 Å². The molecule has 0 bridgehead atoms. The fourth-order valence-electron chi connectivity index (χ4n) is 3.79. The number of carbonyl (C=O) groups is 1. The van der Waals surface area contributed by atoms with Crippen molar-refractivity contribution in [3.63, 3.8) is 0 Å². The molecule has 0 aliphatic carbocycles. The van der Waals surface area contributed by atoms with Crippen molar-refractivity contribution in [2.24, 2.45) is 5.73 Å². The van der Waals surface area contributed by atoms with Gasteiger partial charge in [0, 0.05) is 35.8 Å². The van der Waals surface area contributed by atoms with Crippen molar-refractivity contribution in [3.05, 3.63) is 81.2 Å². The summed E-state index contributed by atoms with van der Waals surface area (Å²) in [6.45, 7) is 6.78. The van der Waals surface area contributed by atoms with Gasteiger partial charge < -0.3 is 15.4 Å². The zero-order valence-corrected chi connectivity index (χ0v) is 17.7. The molecule has 1 amide bonds. The first-order valence-electron chi connectivity index (χ1n) is 9.77. The Bertz CT molecular complexity index is 1070. The molecule has 0 atom stereocenters. The molecule has 6 heteroatoms. The van der Waals surface area contributed by atoms with Crippen molar-refractivity contribution in [3.8, 4) is 6.07 Å². The molecule has 0 aromatic heterocycles. The molecule has 1 saturated heterocycles. The fourth-order valence-corrected chi connectivity index (χ4v) is 3.79. The minimum Gasteiger partial charge on any atom is -0.493 e. The van der Waals surface area contributed by atoms with Crippen LogP contribution in [0.1, 0.15) is 51.0 Å². The van der Waals surface area contributed by atoms with Gasteiger partial charge in [-0.1, -0.05) is 18.2 Å². The molecule has 0 unspecified atom stereocenters. The van der Waals surface area contributed by atoms with Crippen molar-refractivity contribution in [2.45, 2.75) is 26.7 Å². The van der Waals surface area contributed by atoms with Crippen LogP contribution < -0.4 is 5.73 Å². The molecular formula is C24H26N4O2. The monoisotopic (exact) mass is 402 g/mol. The molecule has 0 saturated carbocycles. The number of carbonyl (C=O) groups excluding carboxylic acids is 1. The molecule has 2 aromatic rings. The van der Waals surface area contributed by atoms with E-state index in [1.165, 1.54) is 7.11 Å². The van der Waals surface area contributed by atoms with Crippen molar-refractivity contribution in [1.29, 1.82) is 10.7 Å². The van der Waals surface area contributed by atoms with Gasteiger partial charge in [0.15, 0.2) is 5.76 Å². The highest BCUT2D eigenvalue weighted by Gasteiger charge is 2.33. The molecule has 154 valence electrons. The molecule has 1 heterocycles. The topological polar surface area (TPSA) is 103 Å². The SMILES string of the molecule is COC(C(=N)c1cc(C(=O)N2CC(c3ccc(C#N)cc3)C2)c(C)cc1C)=C(C)N. The Morgan fingerprint density at radius 3 is 2.30 bits per heavy atom. The maximum Gasteiger partial charge on any atom is 0.254 e. The Morgan fingerprint density at radius 1 is 1.17 bits per heavy atom. The van der Waals surface area contributed by atoms with E-state index in [0.29, 0.717) is 41.2 Å². The maximum atomic E-state index is 13.1. The summed E-state index contributed by atoms with van der Waals surface area (Å²) in [4.78, 5) is 14.9. The molecule has 1 aliphatic rings. The Kier molecular flexibility index (Phi) is 5.93. The third-order valence-corrected chi connectivity index (χ3v) is 5.54. The highest BCUT2D eigenvalue weighted by atomic mass is 16.5. The van der Waals surface area contributed by atoms with E-state index in [2.05, 4.69) is 6.07 Å². The van der Waals surface area contributed by atoms with Gasteiger partial charge in [-0.3, -0.25) is 10.2 Å². The van der Waals surface area contributed by atoms with E-state index in [1.54, 1.807) is 13.0 Å². The number of likely N-dealkylation sites (tertiary alicyclic amines) is 1. The fraction of sp³-hybridized carbons (Fsp3) is 0.292. The summed E-state index contributed by atoms with van der Waals surface area (Å²) in [5, 5.41) is 17.4. The van der Waals surface area contributed by atoms with Gasteiger partial charge in [0.05, 0.1) is 18.7 Å². The number of amides is 1. The van der Waals surface area contributed by atoms with E-state index in [4.69, 9.17) is 21.1 Å². The zero-order valence-electron chi connectivity index (χ0n) is 17.7. The number of benzene rings is 2. The lowest BCUT2D eigenvalue weighted by Crippen LogP contribution is -2.48. The Balaban J connectivity index is 1.81. The molecule has 0 spiro atoms. The second kappa shape index (κ2) is 8.42. The van der Waals surface area contributed by atoms with Crippen LogP contribution in [0.15, 0.2) is 47.9 Å². The predicted octanol–water partition coefficient (Wildman–Crippen LogP) is 3.62. The van der Waals surface area contributed by atoms with Crippen LogP contribution in [0.25, 0.3) is 0 Å². The predicted molar refractivity (Wildman–Crippen MR) is 116 cm³/mol. The highest BCUT2D eigenvalue weighted by molar-refractivity contribution is 6.12. The number of allylic oxidation sites excluding steroid dienone is 2. The van der Waals surface area contributed by atoms with Crippen molar-refractivity contribution in [2.75, 3.05) is 20.2 Å². The molecule has 1 aliphatic heterocycles. The van der Waals surface area contributed by atoms with E-state index < -0.39 is 0 Å². The first kappa shape index (κ1) is 21.1. The van der Waals surface area contributed by atoms with Gasteiger partial charge in [-0.15, -0.1) is 0 Å². The maximum absolute atomic E-state index is 13.1. The van der Waals surface area contributed by atoms with Crippen molar-refractivity contribution in [1.82, 2.24) is 4.90 Å². The zero-order chi connectivity index (χ0) is 22.0. The van der Waals surface area contributed by atoms with Crippen LogP contribution in [-0.4, -0.2) is 36.7 Å². The average Bonchev–Trinajstić information content (AvgIpc) is 2.67. The van der Waals surface area contributed by atoms with Crippen LogP contribution in [0.5, 0.6) is 0 Å². The third-order valence-electron chi connectivity index (χ3n) is 5.54. The van der Waals surface area contributed by atoms with Gasteiger partial charge in [-0.25, -0.2) is 0 Å². The summed E-state index contributed by atoms with van der Waals surface area (Å²) >= 11 is 0. The normalized spacial score (nSPS) is 14.4. The van der Waals surface area contributed by atoms with Crippen LogP contribution in [0.3, 0.4) is 0 Å². The number of aryl methyl sites for hydroxylation is 2. The summed E-state index contributed by atoms with van der Waals surface area (Å²) in [7, 11) is 1.49. The molecule has 30 heavy (non-hydrogen) atoms. The first-order valence-corrected chi connectivity index (χ1v) is 9.77. The van der Waals surface area contributed by atoms with Crippen molar-refractivity contribution >= 4 is 11.6 Å². The molecule has 3 N–H and O–H groups in total. The Morgan fingerprint density at radius 2 is 1.77 bits per heavy atom. The minimum absolute atomic E-state index is 0.0427. The Hall–Kier alpha value is -3.59. The number of nitrogens with zero attached hydrogens (tertiary/aromatic N) is 2. The smallest absolute Gasteiger partial charge is 0.254 e. The van der Waals surface area contributed by atoms with Gasteiger partial charge in [0.2, 0.25) is 0 Å². The standard InChI is InChI=1S/C24H26N4O2/c1-14-9-15(2)21(10-20(14)22(27)23(30-4)16(3)26)24(29)28-12-19(13-28)18-7-5-17(11-25)6-8-18/h5-10,19,27H,12-13,26H2,1-4H3. The molecule has 3 rings (SSSR count).